The lowest BCUT2D eigenvalue weighted by Crippen LogP contribution is -2.27. The van der Waals surface area contributed by atoms with Crippen LogP contribution < -0.4 is 5.32 Å². The van der Waals surface area contributed by atoms with E-state index in [9.17, 15) is 4.79 Å². The molecule has 2 rings (SSSR count). The molecule has 2 aromatic rings. The lowest BCUT2D eigenvalue weighted by atomic mass is 10.2. The summed E-state index contributed by atoms with van der Waals surface area (Å²) < 4.78 is 6.91. The van der Waals surface area contributed by atoms with E-state index in [0.29, 0.717) is 28.3 Å². The van der Waals surface area contributed by atoms with Crippen LogP contribution in [0.15, 0.2) is 12.4 Å². The Hall–Kier alpha value is -1.82. The van der Waals surface area contributed by atoms with Crippen molar-refractivity contribution in [1.82, 2.24) is 14.8 Å². The number of hydrogen-bond acceptors (Lipinski definition) is 4. The number of carbonyl (C=O) groups is 1. The molecule has 0 aliphatic rings. The van der Waals surface area contributed by atoms with Crippen LogP contribution in [0.4, 0.5) is 10.5 Å². The second kappa shape index (κ2) is 5.28. The number of fused-ring (bicyclic) bond motifs is 1. The molecule has 0 unspecified atom stereocenters. The Morgan fingerprint density at radius 3 is 2.75 bits per heavy atom. The number of rotatable bonds is 2. The first-order chi connectivity index (χ1) is 9.31. The van der Waals surface area contributed by atoms with Crippen molar-refractivity contribution in [2.24, 2.45) is 0 Å². The fourth-order valence-electron chi connectivity index (χ4n) is 1.73. The molecule has 20 heavy (non-hydrogen) atoms. The molecule has 0 aromatic carbocycles. The van der Waals surface area contributed by atoms with Crippen molar-refractivity contribution in [3.8, 4) is 0 Å². The Kier molecular flexibility index (Phi) is 3.85. The van der Waals surface area contributed by atoms with Gasteiger partial charge in [-0.15, -0.1) is 0 Å². The molecule has 0 saturated carbocycles. The highest BCUT2D eigenvalue weighted by Gasteiger charge is 2.18. The van der Waals surface area contributed by atoms with Crippen molar-refractivity contribution in [2.75, 3.05) is 5.32 Å². The van der Waals surface area contributed by atoms with Gasteiger partial charge in [0.05, 0.1) is 28.5 Å². The van der Waals surface area contributed by atoms with Gasteiger partial charge in [0.2, 0.25) is 0 Å². The fraction of sp³-hybridized carbons (Fsp3) is 0.462. The van der Waals surface area contributed by atoms with Crippen LogP contribution in [0.5, 0.6) is 0 Å². The minimum absolute atomic E-state index is 0.403. The van der Waals surface area contributed by atoms with Crippen LogP contribution in [0.1, 0.15) is 27.7 Å². The third-order valence-electron chi connectivity index (χ3n) is 2.54. The number of amides is 1. The molecule has 0 bridgehead atoms. The predicted molar refractivity (Wildman–Crippen MR) is 78.1 cm³/mol. The second-order valence-corrected chi connectivity index (χ2v) is 5.69. The lowest BCUT2D eigenvalue weighted by Gasteiger charge is -2.19. The number of carbonyl (C=O) groups excluding carboxylic acids is 1. The van der Waals surface area contributed by atoms with Crippen LogP contribution in [-0.4, -0.2) is 26.5 Å². The Morgan fingerprint density at radius 1 is 1.45 bits per heavy atom. The number of pyridine rings is 1. The Balaban J connectivity index is 2.28. The summed E-state index contributed by atoms with van der Waals surface area (Å²) in [7, 11) is 0. The summed E-state index contributed by atoms with van der Waals surface area (Å²) in [5.74, 6) is 0. The molecule has 2 heterocycles. The number of aromatic nitrogens is 3. The maximum atomic E-state index is 11.7. The smallest absolute Gasteiger partial charge is 0.412 e. The molecule has 0 aliphatic heterocycles. The maximum absolute atomic E-state index is 11.7. The highest BCUT2D eigenvalue weighted by Crippen LogP contribution is 2.29. The molecule has 108 valence electrons. The highest BCUT2D eigenvalue weighted by atomic mass is 35.5. The summed E-state index contributed by atoms with van der Waals surface area (Å²) >= 11 is 6.26. The second-order valence-electron chi connectivity index (χ2n) is 5.31. The summed E-state index contributed by atoms with van der Waals surface area (Å²) in [6.07, 6.45) is 2.57. The van der Waals surface area contributed by atoms with Crippen molar-refractivity contribution >= 4 is 34.4 Å². The molecule has 0 saturated heterocycles. The van der Waals surface area contributed by atoms with Crippen LogP contribution in [0.2, 0.25) is 5.02 Å². The molecule has 7 heteroatoms. The highest BCUT2D eigenvalue weighted by molar-refractivity contribution is 6.38. The third kappa shape index (κ3) is 3.01. The normalized spacial score (nSPS) is 11.7. The number of nitrogens with zero attached hydrogens (tertiary/aromatic N) is 3. The Bertz CT molecular complexity index is 646. The lowest BCUT2D eigenvalue weighted by molar-refractivity contribution is 0.0636. The molecule has 0 radical (unpaired) electrons. The van der Waals surface area contributed by atoms with Crippen molar-refractivity contribution < 1.29 is 9.53 Å². The molecule has 1 amide bonds. The first-order valence-corrected chi connectivity index (χ1v) is 6.69. The zero-order valence-electron chi connectivity index (χ0n) is 11.9. The van der Waals surface area contributed by atoms with Gasteiger partial charge in [-0.1, -0.05) is 11.6 Å². The van der Waals surface area contributed by atoms with E-state index < -0.39 is 11.7 Å². The van der Waals surface area contributed by atoms with E-state index in [0.717, 1.165) is 0 Å². The Labute approximate surface area is 122 Å². The van der Waals surface area contributed by atoms with Crippen molar-refractivity contribution in [1.29, 1.82) is 0 Å². The molecular weight excluding hydrogens is 280 g/mol. The van der Waals surface area contributed by atoms with Gasteiger partial charge in [0.15, 0.2) is 5.65 Å². The number of aryl methyl sites for hydroxylation is 1. The minimum Gasteiger partial charge on any atom is -0.444 e. The van der Waals surface area contributed by atoms with Gasteiger partial charge in [0, 0.05) is 6.54 Å². The SMILES string of the molecule is CCn1ncc2c(Cl)c(NC(=O)OC(C)(C)C)cnc21. The van der Waals surface area contributed by atoms with Crippen molar-refractivity contribution in [3.05, 3.63) is 17.4 Å². The maximum Gasteiger partial charge on any atom is 0.412 e. The topological polar surface area (TPSA) is 69.0 Å². The van der Waals surface area contributed by atoms with Crippen molar-refractivity contribution in [3.63, 3.8) is 0 Å². The zero-order valence-corrected chi connectivity index (χ0v) is 12.7. The number of anilines is 1. The average Bonchev–Trinajstić information content (AvgIpc) is 2.74. The largest absolute Gasteiger partial charge is 0.444 e. The molecule has 0 atom stereocenters. The Morgan fingerprint density at radius 2 is 2.15 bits per heavy atom. The third-order valence-corrected chi connectivity index (χ3v) is 2.94. The van der Waals surface area contributed by atoms with Crippen LogP contribution >= 0.6 is 11.6 Å². The van der Waals surface area contributed by atoms with E-state index >= 15 is 0 Å². The summed E-state index contributed by atoms with van der Waals surface area (Å²) in [5, 5.41) is 7.87. The van der Waals surface area contributed by atoms with E-state index in [4.69, 9.17) is 16.3 Å². The van der Waals surface area contributed by atoms with Gasteiger partial charge in [-0.3, -0.25) is 5.32 Å². The molecule has 1 N–H and O–H groups in total. The molecule has 2 aromatic heterocycles. The molecule has 0 fully saturated rings. The van der Waals surface area contributed by atoms with Crippen LogP contribution in [0.25, 0.3) is 11.0 Å². The monoisotopic (exact) mass is 296 g/mol. The number of nitrogens with one attached hydrogen (secondary N) is 1. The van der Waals surface area contributed by atoms with Gasteiger partial charge in [0.1, 0.15) is 5.60 Å². The molecule has 0 aliphatic carbocycles. The van der Waals surface area contributed by atoms with Gasteiger partial charge in [-0.2, -0.15) is 5.10 Å². The van der Waals surface area contributed by atoms with E-state index in [2.05, 4.69) is 15.4 Å². The van der Waals surface area contributed by atoms with Gasteiger partial charge in [-0.05, 0) is 27.7 Å². The first-order valence-electron chi connectivity index (χ1n) is 6.32. The van der Waals surface area contributed by atoms with Crippen LogP contribution in [0, 0.1) is 0 Å². The summed E-state index contributed by atoms with van der Waals surface area (Å²) in [5.41, 5.74) is 0.526. The molecular formula is C13H17ClN4O2. The quantitative estimate of drug-likeness (QED) is 0.921. The summed E-state index contributed by atoms with van der Waals surface area (Å²) in [6.45, 7) is 8.04. The standard InChI is InChI=1S/C13H17ClN4O2/c1-5-18-11-8(6-16-18)10(14)9(7-15-11)17-12(19)20-13(2,3)4/h6-7H,5H2,1-4H3,(H,17,19). The fourth-order valence-corrected chi connectivity index (χ4v) is 1.96. The van der Waals surface area contributed by atoms with Crippen LogP contribution in [-0.2, 0) is 11.3 Å². The first kappa shape index (κ1) is 14.6. The summed E-state index contributed by atoms with van der Waals surface area (Å²) in [6, 6.07) is 0. The van der Waals surface area contributed by atoms with Gasteiger partial charge in [-0.25, -0.2) is 14.5 Å². The number of halogens is 1. The van der Waals surface area contributed by atoms with Crippen molar-refractivity contribution in [2.45, 2.75) is 39.8 Å². The average molecular weight is 297 g/mol. The van der Waals surface area contributed by atoms with Crippen LogP contribution in [0.3, 0.4) is 0 Å². The van der Waals surface area contributed by atoms with E-state index in [-0.39, 0.29) is 0 Å². The van der Waals surface area contributed by atoms with E-state index in [1.807, 2.05) is 6.92 Å². The minimum atomic E-state index is -0.568. The molecule has 6 nitrogen and oxygen atoms in total. The molecule has 0 spiro atoms. The number of ether oxygens (including phenoxy) is 1. The number of hydrogen-bond donors (Lipinski definition) is 1. The van der Waals surface area contributed by atoms with Gasteiger partial charge < -0.3 is 4.74 Å². The zero-order chi connectivity index (χ0) is 14.9. The van der Waals surface area contributed by atoms with Gasteiger partial charge >= 0.3 is 6.09 Å². The summed E-state index contributed by atoms with van der Waals surface area (Å²) in [4.78, 5) is 16.0. The van der Waals surface area contributed by atoms with E-state index in [1.165, 1.54) is 6.20 Å². The van der Waals surface area contributed by atoms with E-state index in [1.54, 1.807) is 31.6 Å². The predicted octanol–water partition coefficient (Wildman–Crippen LogP) is 3.45. The van der Waals surface area contributed by atoms with Gasteiger partial charge in [0.25, 0.3) is 0 Å².